The molecule has 8 heteroatoms. The van der Waals surface area contributed by atoms with Crippen molar-refractivity contribution < 1.29 is 13.6 Å². The average molecular weight is 339 g/mol. The zero-order valence-electron chi connectivity index (χ0n) is 12.5. The molecule has 0 aliphatic carbocycles. The fraction of sp³-hybridized carbons (Fsp3) is 0.333. The highest BCUT2D eigenvalue weighted by atomic mass is 32.2. The quantitative estimate of drug-likeness (QED) is 0.884. The monoisotopic (exact) mass is 339 g/mol. The Kier molecular flexibility index (Phi) is 4.01. The van der Waals surface area contributed by atoms with Gasteiger partial charge in [0.05, 0.1) is 16.6 Å². The highest BCUT2D eigenvalue weighted by Gasteiger charge is 2.32. The Morgan fingerprint density at radius 2 is 2.04 bits per heavy atom. The van der Waals surface area contributed by atoms with Crippen molar-refractivity contribution in [1.82, 2.24) is 9.78 Å². The summed E-state index contributed by atoms with van der Waals surface area (Å²) in [6, 6.07) is 3.15. The van der Waals surface area contributed by atoms with E-state index >= 15 is 0 Å². The van der Waals surface area contributed by atoms with E-state index in [-0.39, 0.29) is 28.8 Å². The highest BCUT2D eigenvalue weighted by Crippen LogP contribution is 2.41. The predicted octanol–water partition coefficient (Wildman–Crippen LogP) is 2.81. The van der Waals surface area contributed by atoms with Crippen molar-refractivity contribution >= 4 is 23.5 Å². The Balaban J connectivity index is 2.21. The van der Waals surface area contributed by atoms with Crippen LogP contribution in [0.5, 0.6) is 0 Å². The first-order valence-electron chi connectivity index (χ1n) is 7.09. The number of nitrogens with one attached hydrogen (secondary N) is 2. The molecule has 1 aromatic heterocycles. The maximum absolute atomic E-state index is 14.2. The summed E-state index contributed by atoms with van der Waals surface area (Å²) in [4.78, 5) is 24.3. The molecule has 0 bridgehead atoms. The van der Waals surface area contributed by atoms with Crippen molar-refractivity contribution in [2.24, 2.45) is 0 Å². The summed E-state index contributed by atoms with van der Waals surface area (Å²) in [6.07, 6.45) is 0. The van der Waals surface area contributed by atoms with Gasteiger partial charge in [-0.1, -0.05) is 6.07 Å². The maximum Gasteiger partial charge on any atom is 0.270 e. The number of carbonyl (C=O) groups excluding carboxylic acids is 1. The lowest BCUT2D eigenvalue weighted by Crippen LogP contribution is -2.17. The number of hydrogen-bond donors (Lipinski definition) is 2. The summed E-state index contributed by atoms with van der Waals surface area (Å²) in [7, 11) is 0. The van der Waals surface area contributed by atoms with Crippen molar-refractivity contribution in [3.63, 3.8) is 0 Å². The largest absolute Gasteiger partial charge is 0.310 e. The lowest BCUT2D eigenvalue weighted by molar-refractivity contribution is -0.113. The minimum atomic E-state index is -0.737. The molecule has 3 rings (SSSR count). The first-order valence-corrected chi connectivity index (χ1v) is 8.14. The van der Waals surface area contributed by atoms with E-state index in [2.05, 4.69) is 10.4 Å². The van der Waals surface area contributed by atoms with Gasteiger partial charge in [-0.3, -0.25) is 19.4 Å². The zero-order chi connectivity index (χ0) is 16.7. The summed E-state index contributed by atoms with van der Waals surface area (Å²) >= 11 is 1.14. The van der Waals surface area contributed by atoms with Gasteiger partial charge in [0.15, 0.2) is 0 Å². The predicted molar refractivity (Wildman–Crippen MR) is 84.7 cm³/mol. The van der Waals surface area contributed by atoms with Gasteiger partial charge >= 0.3 is 0 Å². The number of aromatic amines is 1. The number of amides is 1. The van der Waals surface area contributed by atoms with E-state index in [0.717, 1.165) is 23.9 Å². The highest BCUT2D eigenvalue weighted by molar-refractivity contribution is 8.00. The first-order chi connectivity index (χ1) is 10.9. The summed E-state index contributed by atoms with van der Waals surface area (Å²) < 4.78 is 28.9. The summed E-state index contributed by atoms with van der Waals surface area (Å²) in [5.74, 6) is -1.27. The number of carbonyl (C=O) groups is 1. The molecular formula is C15H15F2N3O2S. The molecule has 0 radical (unpaired) electrons. The van der Waals surface area contributed by atoms with Crippen LogP contribution in [0, 0.1) is 11.6 Å². The maximum atomic E-state index is 14.2. The number of nitrogens with zero attached hydrogens (tertiary/aromatic N) is 1. The van der Waals surface area contributed by atoms with Gasteiger partial charge in [-0.25, -0.2) is 8.78 Å². The van der Waals surface area contributed by atoms with E-state index < -0.39 is 22.4 Å². The molecule has 1 atom stereocenters. The van der Waals surface area contributed by atoms with Crippen LogP contribution in [0.25, 0.3) is 0 Å². The van der Waals surface area contributed by atoms with E-state index in [1.54, 1.807) is 4.68 Å². The molecule has 1 aromatic carbocycles. The van der Waals surface area contributed by atoms with Crippen LogP contribution in [0.1, 0.15) is 36.3 Å². The molecule has 122 valence electrons. The average Bonchev–Trinajstić information content (AvgIpc) is 2.68. The number of anilines is 1. The lowest BCUT2D eigenvalue weighted by atomic mass is 10.1. The van der Waals surface area contributed by atoms with Crippen LogP contribution >= 0.6 is 11.8 Å². The summed E-state index contributed by atoms with van der Waals surface area (Å²) in [6.45, 7) is 3.71. The fourth-order valence-corrected chi connectivity index (χ4v) is 3.74. The van der Waals surface area contributed by atoms with Crippen molar-refractivity contribution in [1.29, 1.82) is 0 Å². The van der Waals surface area contributed by atoms with Crippen molar-refractivity contribution in [2.45, 2.75) is 25.1 Å². The molecule has 1 aliphatic rings. The molecule has 2 aromatic rings. The van der Waals surface area contributed by atoms with Gasteiger partial charge in [-0.05, 0) is 19.9 Å². The second kappa shape index (κ2) is 5.84. The van der Waals surface area contributed by atoms with E-state index in [1.807, 2.05) is 13.8 Å². The van der Waals surface area contributed by atoms with E-state index in [1.165, 1.54) is 6.07 Å². The molecule has 5 nitrogen and oxygen atoms in total. The number of hydrogen-bond acceptors (Lipinski definition) is 3. The van der Waals surface area contributed by atoms with Crippen molar-refractivity contribution in [3.05, 3.63) is 51.3 Å². The third-order valence-electron chi connectivity index (χ3n) is 3.63. The Hall–Kier alpha value is -2.09. The Labute approximate surface area is 135 Å². The number of H-pyrrole nitrogens is 1. The van der Waals surface area contributed by atoms with Crippen molar-refractivity contribution in [3.8, 4) is 0 Å². The number of aromatic nitrogens is 2. The fourth-order valence-electron chi connectivity index (χ4n) is 2.59. The SMILES string of the molecule is CC(C)n1[nH]c(=O)c2c1NC(=O)CSC2c1ccc(F)cc1F. The Morgan fingerprint density at radius 3 is 2.70 bits per heavy atom. The molecule has 2 heterocycles. The van der Waals surface area contributed by atoms with E-state index in [0.29, 0.717) is 5.82 Å². The van der Waals surface area contributed by atoms with Gasteiger partial charge in [0.1, 0.15) is 17.5 Å². The standard InChI is InChI=1S/C15H15F2N3O2S/c1-7(2)20-14-12(15(22)19-20)13(23-6-11(21)18-14)9-4-3-8(16)5-10(9)17/h3-5,7,13H,6H2,1-2H3,(H,18,21)(H,19,22). The van der Waals surface area contributed by atoms with Crippen LogP contribution in [-0.4, -0.2) is 21.4 Å². The summed E-state index contributed by atoms with van der Waals surface area (Å²) in [5.41, 5.74) is 0.0679. The number of rotatable bonds is 2. The van der Waals surface area contributed by atoms with Crippen LogP contribution in [0.15, 0.2) is 23.0 Å². The minimum Gasteiger partial charge on any atom is -0.310 e. The van der Waals surface area contributed by atoms with Crippen LogP contribution < -0.4 is 10.9 Å². The molecule has 1 unspecified atom stereocenters. The molecule has 0 fully saturated rings. The van der Waals surface area contributed by atoms with Crippen LogP contribution in [0.4, 0.5) is 14.6 Å². The van der Waals surface area contributed by atoms with Crippen LogP contribution in [-0.2, 0) is 4.79 Å². The van der Waals surface area contributed by atoms with Crippen LogP contribution in [0.3, 0.4) is 0 Å². The second-order valence-electron chi connectivity index (χ2n) is 5.57. The van der Waals surface area contributed by atoms with Gasteiger partial charge in [-0.15, -0.1) is 11.8 Å². The molecular weight excluding hydrogens is 324 g/mol. The third-order valence-corrected chi connectivity index (χ3v) is 4.88. The molecule has 23 heavy (non-hydrogen) atoms. The number of halogens is 2. The van der Waals surface area contributed by atoms with E-state index in [4.69, 9.17) is 0 Å². The molecule has 1 amide bonds. The number of fused-ring (bicyclic) bond motifs is 1. The molecule has 2 N–H and O–H groups in total. The van der Waals surface area contributed by atoms with Crippen molar-refractivity contribution in [2.75, 3.05) is 11.1 Å². The molecule has 1 aliphatic heterocycles. The molecule has 0 saturated heterocycles. The Bertz CT molecular complexity index is 829. The topological polar surface area (TPSA) is 66.9 Å². The van der Waals surface area contributed by atoms with Gasteiger partial charge in [0.2, 0.25) is 5.91 Å². The van der Waals surface area contributed by atoms with Gasteiger partial charge in [0, 0.05) is 17.7 Å². The normalized spacial score (nSPS) is 17.8. The second-order valence-corrected chi connectivity index (χ2v) is 6.67. The van der Waals surface area contributed by atoms with E-state index in [9.17, 15) is 18.4 Å². The van der Waals surface area contributed by atoms with Crippen LogP contribution in [0.2, 0.25) is 0 Å². The Morgan fingerprint density at radius 1 is 1.30 bits per heavy atom. The zero-order valence-corrected chi connectivity index (χ0v) is 13.3. The van der Waals surface area contributed by atoms with Gasteiger partial charge in [-0.2, -0.15) is 0 Å². The minimum absolute atomic E-state index is 0.0771. The lowest BCUT2D eigenvalue weighted by Gasteiger charge is -2.15. The molecule has 0 saturated carbocycles. The number of benzene rings is 1. The molecule has 0 spiro atoms. The van der Waals surface area contributed by atoms with Gasteiger partial charge < -0.3 is 5.32 Å². The number of thioether (sulfide) groups is 1. The smallest absolute Gasteiger partial charge is 0.270 e. The summed E-state index contributed by atoms with van der Waals surface area (Å²) in [5, 5.41) is 4.68. The first kappa shape index (κ1) is 15.8. The third kappa shape index (κ3) is 2.78. The van der Waals surface area contributed by atoms with Gasteiger partial charge in [0.25, 0.3) is 5.56 Å².